The first-order valence-corrected chi connectivity index (χ1v) is 17.3. The van der Waals surface area contributed by atoms with E-state index in [1.54, 1.807) is 24.3 Å². The largest absolute Gasteiger partial charge is 0.457 e. The number of hydrogen-bond acceptors (Lipinski definition) is 7. The van der Waals surface area contributed by atoms with Gasteiger partial charge in [-0.1, -0.05) is 27.7 Å². The quantitative estimate of drug-likeness (QED) is 0.150. The number of alkyl halides is 3. The van der Waals surface area contributed by atoms with Crippen molar-refractivity contribution in [2.75, 3.05) is 37.0 Å². The van der Waals surface area contributed by atoms with E-state index in [-0.39, 0.29) is 33.5 Å². The van der Waals surface area contributed by atoms with E-state index in [4.69, 9.17) is 20.1 Å². The van der Waals surface area contributed by atoms with Crippen molar-refractivity contribution in [3.8, 4) is 0 Å². The minimum Gasteiger partial charge on any atom is -0.457 e. The van der Waals surface area contributed by atoms with Crippen LogP contribution in [-0.4, -0.2) is 33.4 Å². The summed E-state index contributed by atoms with van der Waals surface area (Å²) in [6.07, 6.45) is 4.61. The van der Waals surface area contributed by atoms with Crippen LogP contribution in [0.1, 0.15) is 62.8 Å². The molecule has 0 aliphatic carbocycles. The molecule has 0 bridgehead atoms. The zero-order valence-corrected chi connectivity index (χ0v) is 30.3. The summed E-state index contributed by atoms with van der Waals surface area (Å²) in [4.78, 5) is 33.3. The minimum absolute atomic E-state index is 0.0627. The van der Waals surface area contributed by atoms with Gasteiger partial charge in [0, 0.05) is 61.0 Å². The Kier molecular flexibility index (Phi) is 8.56. The highest BCUT2D eigenvalue weighted by Crippen LogP contribution is 2.51. The molecule has 0 N–H and O–H groups in total. The van der Waals surface area contributed by atoms with Crippen LogP contribution in [0.15, 0.2) is 102 Å². The monoisotopic (exact) mass is 721 g/mol. The standard InChI is InChI=1S/C42H38F3N3O5/c1-40(2)14-16-48-17-15-41(3,4)34-35(48)32(40)22-27-19-26(39(50)53-36(27)34)10-13-31-21-28(37(46-5)42(43,44)45)20-30(51-31)12-9-25-18-24-8-11-29(47(6)7)23-33(24)52-38(25)49/h8-13,18-23H,14-17H2,1-4,6-7H3/b12-9+,13-10+,37-28+. The zero-order valence-electron chi connectivity index (χ0n) is 30.3. The maximum Gasteiger partial charge on any atom is 0.420 e. The van der Waals surface area contributed by atoms with E-state index in [1.165, 1.54) is 29.9 Å². The Hall–Kier alpha value is -5.76. The highest BCUT2D eigenvalue weighted by Gasteiger charge is 2.42. The number of nitrogens with zero attached hydrogens (tertiary/aromatic N) is 3. The highest BCUT2D eigenvalue weighted by molar-refractivity contribution is 5.91. The van der Waals surface area contributed by atoms with Gasteiger partial charge in [0.1, 0.15) is 22.7 Å². The van der Waals surface area contributed by atoms with Gasteiger partial charge in [0.2, 0.25) is 0 Å². The van der Waals surface area contributed by atoms with Crippen LogP contribution in [0.5, 0.6) is 0 Å². The molecule has 3 aliphatic rings. The lowest BCUT2D eigenvalue weighted by Crippen LogP contribution is -2.44. The van der Waals surface area contributed by atoms with E-state index in [2.05, 4.69) is 43.5 Å². The van der Waals surface area contributed by atoms with Crippen molar-refractivity contribution < 1.29 is 26.7 Å². The lowest BCUT2D eigenvalue weighted by Gasteiger charge is -2.48. The van der Waals surface area contributed by atoms with E-state index in [0.29, 0.717) is 16.6 Å². The summed E-state index contributed by atoms with van der Waals surface area (Å²) >= 11 is 0. The van der Waals surface area contributed by atoms with Crippen molar-refractivity contribution in [3.05, 3.63) is 138 Å². The summed E-state index contributed by atoms with van der Waals surface area (Å²) in [6, 6.07) is 10.8. The summed E-state index contributed by atoms with van der Waals surface area (Å²) < 4.78 is 59.3. The molecule has 272 valence electrons. The predicted octanol–water partition coefficient (Wildman–Crippen LogP) is 9.39. The molecular weight excluding hydrogens is 683 g/mol. The number of halogens is 3. The molecule has 0 amide bonds. The fourth-order valence-electron chi connectivity index (χ4n) is 7.27. The average Bonchev–Trinajstić information content (AvgIpc) is 3.08. The molecule has 0 fully saturated rings. The van der Waals surface area contributed by atoms with E-state index in [9.17, 15) is 22.8 Å². The maximum absolute atomic E-state index is 13.9. The van der Waals surface area contributed by atoms with Crippen LogP contribution in [0, 0.1) is 6.57 Å². The molecule has 8 nitrogen and oxygen atoms in total. The lowest BCUT2D eigenvalue weighted by molar-refractivity contribution is -0.0889. The predicted molar refractivity (Wildman–Crippen MR) is 202 cm³/mol. The second-order valence-corrected chi connectivity index (χ2v) is 15.2. The summed E-state index contributed by atoms with van der Waals surface area (Å²) in [5, 5.41) is 1.40. The topological polar surface area (TPSA) is 80.5 Å². The molecule has 2 aromatic carbocycles. The van der Waals surface area contributed by atoms with Crippen molar-refractivity contribution in [2.24, 2.45) is 0 Å². The van der Waals surface area contributed by atoms with Gasteiger partial charge >= 0.3 is 17.4 Å². The van der Waals surface area contributed by atoms with E-state index < -0.39 is 28.7 Å². The molecular formula is C42H38F3N3O5. The maximum atomic E-state index is 13.9. The van der Waals surface area contributed by atoms with Crippen LogP contribution in [0.4, 0.5) is 24.5 Å². The molecule has 11 heteroatoms. The van der Waals surface area contributed by atoms with Gasteiger partial charge in [0.05, 0.1) is 17.7 Å². The van der Waals surface area contributed by atoms with Gasteiger partial charge in [-0.2, -0.15) is 13.2 Å². The lowest BCUT2D eigenvalue weighted by atomic mass is 9.69. The molecule has 4 aromatic rings. The van der Waals surface area contributed by atoms with Crippen LogP contribution >= 0.6 is 0 Å². The molecule has 7 rings (SSSR count). The Morgan fingerprint density at radius 3 is 2.06 bits per heavy atom. The third-order valence-electron chi connectivity index (χ3n) is 10.4. The number of fused-ring (bicyclic) bond motifs is 3. The van der Waals surface area contributed by atoms with Crippen LogP contribution < -0.4 is 21.1 Å². The van der Waals surface area contributed by atoms with E-state index in [1.807, 2.05) is 25.1 Å². The van der Waals surface area contributed by atoms with Crippen LogP contribution in [0.2, 0.25) is 0 Å². The average molecular weight is 722 g/mol. The number of allylic oxidation sites excluding steroid dienone is 6. The normalized spacial score (nSPS) is 18.8. The third kappa shape index (κ3) is 6.58. The van der Waals surface area contributed by atoms with Gasteiger partial charge in [-0.05, 0) is 102 Å². The highest BCUT2D eigenvalue weighted by atomic mass is 19.4. The van der Waals surface area contributed by atoms with Gasteiger partial charge in [-0.15, -0.1) is 0 Å². The third-order valence-corrected chi connectivity index (χ3v) is 10.4. The fourth-order valence-corrected chi connectivity index (χ4v) is 7.27. The molecule has 0 saturated carbocycles. The van der Waals surface area contributed by atoms with Crippen LogP contribution in [0.25, 0.3) is 38.9 Å². The van der Waals surface area contributed by atoms with Crippen LogP contribution in [-0.2, 0) is 15.6 Å². The second-order valence-electron chi connectivity index (χ2n) is 15.2. The molecule has 0 spiro atoms. The second kappa shape index (κ2) is 12.7. The van der Waals surface area contributed by atoms with Gasteiger partial charge in [0.25, 0.3) is 5.70 Å². The van der Waals surface area contributed by atoms with E-state index >= 15 is 0 Å². The van der Waals surface area contributed by atoms with Gasteiger partial charge < -0.3 is 23.4 Å². The molecule has 0 unspecified atom stereocenters. The number of hydrogen-bond donors (Lipinski definition) is 0. The summed E-state index contributed by atoms with van der Waals surface area (Å²) in [6.45, 7) is 17.9. The minimum atomic E-state index is -4.94. The van der Waals surface area contributed by atoms with Crippen molar-refractivity contribution >= 4 is 45.5 Å². The van der Waals surface area contributed by atoms with Crippen molar-refractivity contribution in [2.45, 2.75) is 57.5 Å². The zero-order chi connectivity index (χ0) is 38.0. The van der Waals surface area contributed by atoms with Crippen molar-refractivity contribution in [3.63, 3.8) is 0 Å². The Morgan fingerprint density at radius 1 is 0.849 bits per heavy atom. The van der Waals surface area contributed by atoms with E-state index in [0.717, 1.165) is 60.4 Å². The first kappa shape index (κ1) is 35.6. The molecule has 53 heavy (non-hydrogen) atoms. The van der Waals surface area contributed by atoms with Gasteiger partial charge in [0.15, 0.2) is 0 Å². The molecule has 3 aliphatic heterocycles. The van der Waals surface area contributed by atoms with Crippen molar-refractivity contribution in [1.29, 1.82) is 0 Å². The number of anilines is 2. The first-order chi connectivity index (χ1) is 24.9. The summed E-state index contributed by atoms with van der Waals surface area (Å²) in [7, 11) is 3.72. The molecule has 0 saturated heterocycles. The Bertz CT molecular complexity index is 2520. The van der Waals surface area contributed by atoms with Crippen molar-refractivity contribution in [1.82, 2.24) is 0 Å². The Morgan fingerprint density at radius 2 is 1.45 bits per heavy atom. The molecule has 5 heterocycles. The van der Waals surface area contributed by atoms with Crippen LogP contribution in [0.3, 0.4) is 0 Å². The Balaban J connectivity index is 1.27. The van der Waals surface area contributed by atoms with Gasteiger partial charge in [-0.3, -0.25) is 0 Å². The smallest absolute Gasteiger partial charge is 0.420 e. The number of benzene rings is 2. The summed E-state index contributed by atoms with van der Waals surface area (Å²) in [5.74, 6) is -0.132. The Labute approximate surface area is 304 Å². The fraction of sp³-hybridized carbons (Fsp3) is 0.310. The SMILES string of the molecule is [C-]#[N+]/C(=C1C=C(/C=C/c2cc3ccc(N(C)C)cc3oc2=O)OC(/C=C/c2cc3cc4c5c(c3oc2=O)C(C)(C)CCN5CCC4(C)C)=C\1)C(F)(F)F. The number of ether oxygens (including phenoxy) is 1. The first-order valence-electron chi connectivity index (χ1n) is 17.3. The molecule has 0 atom stereocenters. The molecule has 0 radical (unpaired) electrons. The summed E-state index contributed by atoms with van der Waals surface area (Å²) in [5.41, 5.74) is 1.96. The number of rotatable bonds is 5. The molecule has 2 aromatic heterocycles. The van der Waals surface area contributed by atoms with Gasteiger partial charge in [-0.25, -0.2) is 14.4 Å².